The molecule has 166 valence electrons. The Morgan fingerprint density at radius 3 is 2.47 bits per heavy atom. The predicted octanol–water partition coefficient (Wildman–Crippen LogP) is 5.46. The standard InChI is InChI=1S/C20H29NO.C4H7NOS2/c1-15(8-6-9-16(2)14-19(21)22)11-12-18-17(3)10-7-13-20(18,4)5;6-4-3(1-2-7)5-8-4/h6,8-9,11-12,14H,7,10,13H2,1-5H3,(H2,21,22);3,5,7H,1-2H2/t;3-/m.0/s1. The molecule has 0 aromatic rings. The molecule has 2 aliphatic rings. The molecule has 0 spiro atoms. The maximum atomic E-state index is 10.8. The van der Waals surface area contributed by atoms with E-state index in [9.17, 15) is 9.59 Å². The maximum Gasteiger partial charge on any atom is 0.241 e. The fourth-order valence-electron chi connectivity index (χ4n) is 3.40. The van der Waals surface area contributed by atoms with Crippen LogP contribution >= 0.6 is 24.6 Å². The first-order valence-electron chi connectivity index (χ1n) is 10.3. The van der Waals surface area contributed by atoms with E-state index in [1.165, 1.54) is 54.0 Å². The van der Waals surface area contributed by atoms with E-state index in [1.807, 2.05) is 25.2 Å². The Morgan fingerprint density at radius 1 is 1.30 bits per heavy atom. The molecule has 1 atom stereocenters. The summed E-state index contributed by atoms with van der Waals surface area (Å²) in [5.41, 5.74) is 10.4. The highest BCUT2D eigenvalue weighted by atomic mass is 32.2. The third-order valence-electron chi connectivity index (χ3n) is 5.15. The van der Waals surface area contributed by atoms with Crippen LogP contribution in [0.4, 0.5) is 0 Å². The Morgan fingerprint density at radius 2 is 2.00 bits per heavy atom. The van der Waals surface area contributed by atoms with E-state index in [2.05, 4.69) is 57.2 Å². The number of hydrogen-bond donors (Lipinski definition) is 3. The van der Waals surface area contributed by atoms with Gasteiger partial charge in [-0.15, -0.1) is 0 Å². The molecule has 6 heteroatoms. The molecule has 3 N–H and O–H groups in total. The lowest BCUT2D eigenvalue weighted by molar-refractivity contribution is -0.114. The zero-order chi connectivity index (χ0) is 22.7. The van der Waals surface area contributed by atoms with Crippen LogP contribution in [-0.2, 0) is 9.59 Å². The van der Waals surface area contributed by atoms with Gasteiger partial charge in [-0.25, -0.2) is 4.72 Å². The second-order valence-corrected chi connectivity index (χ2v) is 9.72. The maximum absolute atomic E-state index is 10.8. The van der Waals surface area contributed by atoms with E-state index in [1.54, 1.807) is 0 Å². The smallest absolute Gasteiger partial charge is 0.241 e. The van der Waals surface area contributed by atoms with Crippen molar-refractivity contribution >= 4 is 35.6 Å². The minimum atomic E-state index is -0.412. The predicted molar refractivity (Wildman–Crippen MR) is 133 cm³/mol. The first-order chi connectivity index (χ1) is 14.1. The van der Waals surface area contributed by atoms with Crippen LogP contribution in [0, 0.1) is 5.41 Å². The Labute approximate surface area is 191 Å². The van der Waals surface area contributed by atoms with Crippen LogP contribution < -0.4 is 10.5 Å². The van der Waals surface area contributed by atoms with Gasteiger partial charge in [0.1, 0.15) is 0 Å². The van der Waals surface area contributed by atoms with Gasteiger partial charge in [-0.1, -0.05) is 55.4 Å². The van der Waals surface area contributed by atoms with Gasteiger partial charge in [0.25, 0.3) is 0 Å². The summed E-state index contributed by atoms with van der Waals surface area (Å²) in [6, 6.07) is 0.0949. The molecule has 1 saturated heterocycles. The van der Waals surface area contributed by atoms with Gasteiger partial charge in [0.15, 0.2) is 0 Å². The van der Waals surface area contributed by atoms with E-state index >= 15 is 0 Å². The number of amides is 1. The van der Waals surface area contributed by atoms with Crippen molar-refractivity contribution in [2.75, 3.05) is 5.75 Å². The molecule has 1 fully saturated rings. The molecule has 2 rings (SSSR count). The van der Waals surface area contributed by atoms with E-state index in [-0.39, 0.29) is 16.6 Å². The van der Waals surface area contributed by atoms with Crippen molar-refractivity contribution in [2.45, 2.75) is 66.3 Å². The minimum Gasteiger partial charge on any atom is -0.366 e. The SMILES string of the molecule is CC(C=CC1=C(C)CCCC1(C)C)=CC=CC(C)=CC(N)=O.O=C1SN[C@H]1CCS. The van der Waals surface area contributed by atoms with Crippen molar-refractivity contribution in [3.63, 3.8) is 0 Å². The van der Waals surface area contributed by atoms with Gasteiger partial charge in [-0.2, -0.15) is 12.6 Å². The van der Waals surface area contributed by atoms with Gasteiger partial charge in [0.05, 0.1) is 6.04 Å². The van der Waals surface area contributed by atoms with Crippen LogP contribution in [0.25, 0.3) is 0 Å². The summed E-state index contributed by atoms with van der Waals surface area (Å²) in [6.07, 6.45) is 16.3. The molecule has 1 amide bonds. The number of nitrogens with two attached hydrogens (primary N) is 1. The van der Waals surface area contributed by atoms with Crippen molar-refractivity contribution in [2.24, 2.45) is 11.1 Å². The van der Waals surface area contributed by atoms with Crippen LogP contribution in [0.2, 0.25) is 0 Å². The number of rotatable bonds is 7. The van der Waals surface area contributed by atoms with Crippen molar-refractivity contribution in [3.05, 3.63) is 58.7 Å². The van der Waals surface area contributed by atoms with Crippen LogP contribution in [-0.4, -0.2) is 22.8 Å². The highest BCUT2D eigenvalue weighted by Crippen LogP contribution is 2.40. The molecule has 0 radical (unpaired) electrons. The number of primary amides is 1. The van der Waals surface area contributed by atoms with Gasteiger partial charge in [0, 0.05) is 6.08 Å². The Kier molecular flexibility index (Phi) is 11.5. The highest BCUT2D eigenvalue weighted by Gasteiger charge is 2.27. The Bertz CT molecular complexity index is 774. The summed E-state index contributed by atoms with van der Waals surface area (Å²) < 4.78 is 2.91. The van der Waals surface area contributed by atoms with Gasteiger partial charge in [0.2, 0.25) is 11.0 Å². The molecular weight excluding hydrogens is 412 g/mol. The summed E-state index contributed by atoms with van der Waals surface area (Å²) in [6.45, 7) is 10.8. The normalized spacial score (nSPS) is 22.2. The van der Waals surface area contributed by atoms with Crippen LogP contribution in [0.3, 0.4) is 0 Å². The molecule has 1 heterocycles. The van der Waals surface area contributed by atoms with Gasteiger partial charge in [-0.3, -0.25) is 9.59 Å². The van der Waals surface area contributed by atoms with Crippen molar-refractivity contribution in [1.29, 1.82) is 0 Å². The average Bonchev–Trinajstić information content (AvgIpc) is 2.64. The van der Waals surface area contributed by atoms with Gasteiger partial charge in [-0.05, 0) is 80.7 Å². The molecule has 0 aromatic carbocycles. The van der Waals surface area contributed by atoms with Crippen LogP contribution in [0.1, 0.15) is 60.3 Å². The summed E-state index contributed by atoms with van der Waals surface area (Å²) in [5, 5.41) is 0.249. The zero-order valence-corrected chi connectivity index (χ0v) is 20.5. The molecular formula is C24H36N2O2S2. The van der Waals surface area contributed by atoms with Crippen LogP contribution in [0.15, 0.2) is 58.7 Å². The third kappa shape index (κ3) is 9.54. The molecule has 30 heavy (non-hydrogen) atoms. The molecule has 1 aliphatic carbocycles. The van der Waals surface area contributed by atoms with Crippen LogP contribution in [0.5, 0.6) is 0 Å². The van der Waals surface area contributed by atoms with E-state index in [4.69, 9.17) is 5.73 Å². The van der Waals surface area contributed by atoms with Gasteiger partial charge < -0.3 is 5.73 Å². The lowest BCUT2D eigenvalue weighted by Gasteiger charge is -2.32. The summed E-state index contributed by atoms with van der Waals surface area (Å²) in [4.78, 5) is 21.2. The molecule has 1 aliphatic heterocycles. The molecule has 0 unspecified atom stereocenters. The summed E-state index contributed by atoms with van der Waals surface area (Å²) >= 11 is 5.17. The lowest BCUT2D eigenvalue weighted by atomic mass is 9.72. The number of thiol groups is 1. The molecule has 0 saturated carbocycles. The van der Waals surface area contributed by atoms with E-state index in [0.29, 0.717) is 0 Å². The first-order valence-corrected chi connectivity index (χ1v) is 11.8. The number of hydrogen-bond acceptors (Lipinski definition) is 5. The number of nitrogens with one attached hydrogen (secondary N) is 1. The van der Waals surface area contributed by atoms with Crippen molar-refractivity contribution in [1.82, 2.24) is 4.72 Å². The number of allylic oxidation sites excluding steroid dienone is 9. The van der Waals surface area contributed by atoms with Crippen molar-refractivity contribution < 1.29 is 9.59 Å². The number of carbonyl (C=O) groups excluding carboxylic acids is 2. The fraction of sp³-hybridized carbons (Fsp3) is 0.500. The molecule has 4 nitrogen and oxygen atoms in total. The van der Waals surface area contributed by atoms with Crippen molar-refractivity contribution in [3.8, 4) is 0 Å². The topological polar surface area (TPSA) is 72.2 Å². The Hall–Kier alpha value is -1.50. The van der Waals surface area contributed by atoms with Gasteiger partial charge >= 0.3 is 0 Å². The zero-order valence-electron chi connectivity index (χ0n) is 18.8. The lowest BCUT2D eigenvalue weighted by Crippen LogP contribution is -2.42. The summed E-state index contributed by atoms with van der Waals surface area (Å²) in [5.74, 6) is 0.369. The number of carbonyl (C=O) groups is 2. The van der Waals surface area contributed by atoms with E-state index in [0.717, 1.165) is 17.7 Å². The summed E-state index contributed by atoms with van der Waals surface area (Å²) in [7, 11) is 0. The molecule has 0 bridgehead atoms. The largest absolute Gasteiger partial charge is 0.366 e. The second-order valence-electron chi connectivity index (χ2n) is 8.43. The monoisotopic (exact) mass is 448 g/mol. The first kappa shape index (κ1) is 26.5. The third-order valence-corrected chi connectivity index (χ3v) is 6.29. The highest BCUT2D eigenvalue weighted by molar-refractivity contribution is 8.14. The average molecular weight is 449 g/mol. The fourth-order valence-corrected chi connectivity index (χ4v) is 4.28. The minimum absolute atomic E-state index is 0.0949. The Balaban J connectivity index is 0.000000467. The second kappa shape index (κ2) is 13.0. The molecule has 0 aromatic heterocycles. The quantitative estimate of drug-likeness (QED) is 0.209. The van der Waals surface area contributed by atoms with E-state index < -0.39 is 5.91 Å².